The van der Waals surface area contributed by atoms with E-state index >= 15 is 4.39 Å². The molecule has 0 aliphatic rings. The van der Waals surface area contributed by atoms with Gasteiger partial charge in [0.25, 0.3) is 5.91 Å². The fraction of sp³-hybridized carbons (Fsp3) is 0.480. The van der Waals surface area contributed by atoms with E-state index < -0.39 is 0 Å². The van der Waals surface area contributed by atoms with Crippen molar-refractivity contribution in [2.24, 2.45) is 0 Å². The van der Waals surface area contributed by atoms with Crippen molar-refractivity contribution in [3.63, 3.8) is 0 Å². The van der Waals surface area contributed by atoms with E-state index in [1.165, 1.54) is 4.90 Å². The topological polar surface area (TPSA) is 49.8 Å². The van der Waals surface area contributed by atoms with Gasteiger partial charge in [0, 0.05) is 26.1 Å². The van der Waals surface area contributed by atoms with Gasteiger partial charge in [0.2, 0.25) is 0 Å². The molecule has 164 valence electrons. The van der Waals surface area contributed by atoms with Gasteiger partial charge in [-0.05, 0) is 58.7 Å². The Labute approximate surface area is 179 Å². The molecule has 0 saturated carbocycles. The molecule has 0 fully saturated rings. The number of halogens is 1. The van der Waals surface area contributed by atoms with Crippen molar-refractivity contribution in [1.82, 2.24) is 4.90 Å². The molecular formula is C25H34FNO3. The third-order valence-electron chi connectivity index (χ3n) is 5.30. The van der Waals surface area contributed by atoms with Crippen LogP contribution >= 0.6 is 0 Å². The molecule has 0 spiro atoms. The zero-order valence-corrected chi connectivity index (χ0v) is 19.4. The highest BCUT2D eigenvalue weighted by Crippen LogP contribution is 2.36. The van der Waals surface area contributed by atoms with Gasteiger partial charge in [0.1, 0.15) is 17.3 Å². The maximum Gasteiger partial charge on any atom is 0.259 e. The Morgan fingerprint density at radius 2 is 1.83 bits per heavy atom. The van der Waals surface area contributed by atoms with E-state index in [0.29, 0.717) is 23.3 Å². The lowest BCUT2D eigenvalue weighted by Crippen LogP contribution is -2.27. The monoisotopic (exact) mass is 415 g/mol. The average molecular weight is 416 g/mol. The SMILES string of the molecule is Cc1cc(OCC(=O)N(C)C)cc(C(C)(C)C)c1Cc1ccc(O)c(C(C)C)c1F. The van der Waals surface area contributed by atoms with Crippen molar-refractivity contribution >= 4 is 5.91 Å². The number of phenolic OH excluding ortho intramolecular Hbond substituents is 1. The van der Waals surface area contributed by atoms with E-state index in [9.17, 15) is 9.90 Å². The molecule has 0 bridgehead atoms. The molecule has 0 radical (unpaired) electrons. The molecule has 0 aliphatic carbocycles. The van der Waals surface area contributed by atoms with E-state index in [1.54, 1.807) is 26.2 Å². The quantitative estimate of drug-likeness (QED) is 0.695. The van der Waals surface area contributed by atoms with Crippen LogP contribution in [0.3, 0.4) is 0 Å². The maximum atomic E-state index is 15.2. The van der Waals surface area contributed by atoms with E-state index in [2.05, 4.69) is 20.8 Å². The van der Waals surface area contributed by atoms with Gasteiger partial charge in [0.05, 0.1) is 0 Å². The summed E-state index contributed by atoms with van der Waals surface area (Å²) in [5.74, 6) is 0.0551. The van der Waals surface area contributed by atoms with Gasteiger partial charge >= 0.3 is 0 Å². The summed E-state index contributed by atoms with van der Waals surface area (Å²) in [5.41, 5.74) is 3.78. The molecule has 5 heteroatoms. The van der Waals surface area contributed by atoms with Gasteiger partial charge in [0.15, 0.2) is 6.61 Å². The number of amides is 1. The van der Waals surface area contributed by atoms with Crippen LogP contribution in [-0.2, 0) is 16.6 Å². The number of carbonyl (C=O) groups excluding carboxylic acids is 1. The molecule has 30 heavy (non-hydrogen) atoms. The Bertz CT molecular complexity index is 927. The summed E-state index contributed by atoms with van der Waals surface area (Å²) in [6.45, 7) is 12.0. The molecule has 2 aromatic rings. The standard InChI is InChI=1S/C25H34FNO3/c1-15(2)23-21(28)10-9-17(24(23)26)12-19-16(3)11-18(13-20(19)25(4,5)6)30-14-22(29)27(7)8/h9-11,13,15,28H,12,14H2,1-8H3. The molecule has 0 saturated heterocycles. The lowest BCUT2D eigenvalue weighted by molar-refractivity contribution is -0.130. The summed E-state index contributed by atoms with van der Waals surface area (Å²) in [7, 11) is 3.39. The van der Waals surface area contributed by atoms with Crippen molar-refractivity contribution in [2.75, 3.05) is 20.7 Å². The second-order valence-corrected chi connectivity index (χ2v) is 9.40. The van der Waals surface area contributed by atoms with Gasteiger partial charge in [-0.1, -0.05) is 40.7 Å². The second-order valence-electron chi connectivity index (χ2n) is 9.40. The first-order valence-electron chi connectivity index (χ1n) is 10.3. The van der Waals surface area contributed by atoms with Crippen LogP contribution in [0.25, 0.3) is 0 Å². The summed E-state index contributed by atoms with van der Waals surface area (Å²) in [4.78, 5) is 13.4. The van der Waals surface area contributed by atoms with Crippen LogP contribution in [0.1, 0.15) is 68.4 Å². The zero-order valence-electron chi connectivity index (χ0n) is 19.4. The number of rotatable bonds is 6. The maximum absolute atomic E-state index is 15.2. The number of hydrogen-bond acceptors (Lipinski definition) is 3. The normalized spacial score (nSPS) is 11.7. The van der Waals surface area contributed by atoms with Crippen molar-refractivity contribution in [3.8, 4) is 11.5 Å². The molecule has 0 aromatic heterocycles. The Hall–Kier alpha value is -2.56. The van der Waals surface area contributed by atoms with Gasteiger partial charge in [-0.3, -0.25) is 4.79 Å². The number of ether oxygens (including phenoxy) is 1. The van der Waals surface area contributed by atoms with Gasteiger partial charge < -0.3 is 14.7 Å². The fourth-order valence-electron chi connectivity index (χ4n) is 3.55. The summed E-state index contributed by atoms with van der Waals surface area (Å²) >= 11 is 0. The number of likely N-dealkylation sites (N-methyl/N-ethyl adjacent to an activating group) is 1. The summed E-state index contributed by atoms with van der Waals surface area (Å²) in [6, 6.07) is 7.08. The number of aryl methyl sites for hydroxylation is 1. The number of aromatic hydroxyl groups is 1. The molecule has 1 N–H and O–H groups in total. The number of hydrogen-bond donors (Lipinski definition) is 1. The van der Waals surface area contributed by atoms with Crippen molar-refractivity contribution in [1.29, 1.82) is 0 Å². The van der Waals surface area contributed by atoms with Crippen LogP contribution < -0.4 is 4.74 Å². The smallest absolute Gasteiger partial charge is 0.259 e. The molecule has 0 heterocycles. The lowest BCUT2D eigenvalue weighted by atomic mass is 9.80. The number of carbonyl (C=O) groups is 1. The largest absolute Gasteiger partial charge is 0.508 e. The van der Waals surface area contributed by atoms with E-state index in [1.807, 2.05) is 32.9 Å². The Morgan fingerprint density at radius 1 is 1.20 bits per heavy atom. The Kier molecular flexibility index (Phi) is 7.17. The number of benzene rings is 2. The highest BCUT2D eigenvalue weighted by Gasteiger charge is 2.23. The van der Waals surface area contributed by atoms with Crippen LogP contribution in [0, 0.1) is 12.7 Å². The minimum atomic E-state index is -0.346. The molecule has 2 rings (SSSR count). The Morgan fingerprint density at radius 3 is 2.37 bits per heavy atom. The molecule has 1 amide bonds. The molecule has 0 unspecified atom stereocenters. The van der Waals surface area contributed by atoms with E-state index in [-0.39, 0.29) is 35.4 Å². The van der Waals surface area contributed by atoms with E-state index in [4.69, 9.17) is 4.74 Å². The van der Waals surface area contributed by atoms with Gasteiger partial charge in [-0.2, -0.15) is 0 Å². The third kappa shape index (κ3) is 5.32. The van der Waals surface area contributed by atoms with Crippen molar-refractivity contribution < 1.29 is 19.0 Å². The first-order valence-corrected chi connectivity index (χ1v) is 10.3. The van der Waals surface area contributed by atoms with Crippen LogP contribution in [-0.4, -0.2) is 36.6 Å². The third-order valence-corrected chi connectivity index (χ3v) is 5.30. The first-order chi connectivity index (χ1) is 13.8. The molecule has 0 atom stereocenters. The lowest BCUT2D eigenvalue weighted by Gasteiger charge is -2.26. The summed E-state index contributed by atoms with van der Waals surface area (Å²) < 4.78 is 20.9. The summed E-state index contributed by atoms with van der Waals surface area (Å²) in [6.07, 6.45) is 0.418. The van der Waals surface area contributed by atoms with Crippen molar-refractivity contribution in [3.05, 3.63) is 57.9 Å². The molecular weight excluding hydrogens is 381 g/mol. The minimum Gasteiger partial charge on any atom is -0.508 e. The van der Waals surface area contributed by atoms with Gasteiger partial charge in [-0.15, -0.1) is 0 Å². The molecule has 0 aliphatic heterocycles. The predicted octanol–water partition coefficient (Wildman–Crippen LogP) is 5.32. The van der Waals surface area contributed by atoms with Crippen LogP contribution in [0.5, 0.6) is 11.5 Å². The minimum absolute atomic E-state index is 0.00618. The number of nitrogens with zero attached hydrogens (tertiary/aromatic N) is 1. The highest BCUT2D eigenvalue weighted by molar-refractivity contribution is 5.77. The predicted molar refractivity (Wildman–Crippen MR) is 119 cm³/mol. The molecule has 4 nitrogen and oxygen atoms in total. The Balaban J connectivity index is 2.48. The van der Waals surface area contributed by atoms with E-state index in [0.717, 1.165) is 16.7 Å². The fourth-order valence-corrected chi connectivity index (χ4v) is 3.55. The van der Waals surface area contributed by atoms with Crippen molar-refractivity contribution in [2.45, 2.75) is 59.3 Å². The first kappa shape index (κ1) is 23.7. The van der Waals surface area contributed by atoms with Gasteiger partial charge in [-0.25, -0.2) is 4.39 Å². The van der Waals surface area contributed by atoms with Crippen LogP contribution in [0.2, 0.25) is 0 Å². The number of phenols is 1. The van der Waals surface area contributed by atoms with Crippen LogP contribution in [0.15, 0.2) is 24.3 Å². The average Bonchev–Trinajstić information content (AvgIpc) is 2.62. The summed E-state index contributed by atoms with van der Waals surface area (Å²) in [5, 5.41) is 10.1. The second kappa shape index (κ2) is 9.07. The molecule has 2 aromatic carbocycles. The zero-order chi connectivity index (χ0) is 22.8. The highest BCUT2D eigenvalue weighted by atomic mass is 19.1. The van der Waals surface area contributed by atoms with Crippen LogP contribution in [0.4, 0.5) is 4.39 Å².